The van der Waals surface area contributed by atoms with E-state index in [1.807, 2.05) is 0 Å². The zero-order valence-electron chi connectivity index (χ0n) is 9.10. The van der Waals surface area contributed by atoms with Crippen molar-refractivity contribution in [1.82, 2.24) is 5.32 Å². The lowest BCUT2D eigenvalue weighted by Gasteiger charge is -2.22. The van der Waals surface area contributed by atoms with Gasteiger partial charge in [0.05, 0.1) is 0 Å². The molecule has 0 amide bonds. The Bertz CT molecular complexity index is 164. The Morgan fingerprint density at radius 2 is 1.85 bits per heavy atom. The third kappa shape index (κ3) is 2.07. The Morgan fingerprint density at radius 1 is 1.23 bits per heavy atom. The fourth-order valence-electron chi connectivity index (χ4n) is 2.60. The lowest BCUT2D eigenvalue weighted by atomic mass is 9.92. The summed E-state index contributed by atoms with van der Waals surface area (Å²) in [5, 5.41) is 3.77. The minimum atomic E-state index is 0.697. The molecule has 0 aliphatic heterocycles. The zero-order chi connectivity index (χ0) is 9.31. The molecule has 13 heavy (non-hydrogen) atoms. The van der Waals surface area contributed by atoms with Gasteiger partial charge >= 0.3 is 0 Å². The smallest absolute Gasteiger partial charge is 0.00672 e. The summed E-state index contributed by atoms with van der Waals surface area (Å²) < 4.78 is 0. The van der Waals surface area contributed by atoms with Crippen molar-refractivity contribution in [3.63, 3.8) is 0 Å². The second-order valence-corrected chi connectivity index (χ2v) is 5.38. The van der Waals surface area contributed by atoms with E-state index in [0.717, 1.165) is 12.0 Å². The summed E-state index contributed by atoms with van der Waals surface area (Å²) in [4.78, 5) is 0. The molecule has 2 rings (SSSR count). The number of hydrogen-bond acceptors (Lipinski definition) is 1. The SMILES string of the molecule is CC(C)C1(CNC2CCCC2)CC1. The van der Waals surface area contributed by atoms with E-state index in [0.29, 0.717) is 5.41 Å². The van der Waals surface area contributed by atoms with E-state index in [1.54, 1.807) is 0 Å². The van der Waals surface area contributed by atoms with Crippen LogP contribution in [-0.2, 0) is 0 Å². The van der Waals surface area contributed by atoms with Gasteiger partial charge < -0.3 is 5.32 Å². The summed E-state index contributed by atoms with van der Waals surface area (Å²) in [6.07, 6.45) is 8.68. The lowest BCUT2D eigenvalue weighted by molar-refractivity contribution is 0.320. The van der Waals surface area contributed by atoms with Crippen molar-refractivity contribution in [2.24, 2.45) is 11.3 Å². The van der Waals surface area contributed by atoms with Crippen LogP contribution in [-0.4, -0.2) is 12.6 Å². The molecule has 0 radical (unpaired) electrons. The van der Waals surface area contributed by atoms with Crippen molar-refractivity contribution in [3.8, 4) is 0 Å². The van der Waals surface area contributed by atoms with Crippen LogP contribution in [0.15, 0.2) is 0 Å². The molecule has 2 saturated carbocycles. The van der Waals surface area contributed by atoms with Crippen LogP contribution in [0.3, 0.4) is 0 Å². The molecule has 2 aliphatic carbocycles. The standard InChI is InChI=1S/C12H23N/c1-10(2)12(7-8-12)9-13-11-5-3-4-6-11/h10-11,13H,3-9H2,1-2H3. The minimum absolute atomic E-state index is 0.697. The number of hydrogen-bond donors (Lipinski definition) is 1. The Morgan fingerprint density at radius 3 is 2.31 bits per heavy atom. The maximum absolute atomic E-state index is 3.77. The quantitative estimate of drug-likeness (QED) is 0.703. The fourth-order valence-corrected chi connectivity index (χ4v) is 2.60. The predicted molar refractivity (Wildman–Crippen MR) is 56.8 cm³/mol. The van der Waals surface area contributed by atoms with Gasteiger partial charge in [-0.2, -0.15) is 0 Å². The van der Waals surface area contributed by atoms with Gasteiger partial charge in [0, 0.05) is 12.6 Å². The molecular weight excluding hydrogens is 158 g/mol. The molecule has 0 unspecified atom stereocenters. The van der Waals surface area contributed by atoms with E-state index in [-0.39, 0.29) is 0 Å². The zero-order valence-corrected chi connectivity index (χ0v) is 9.10. The highest BCUT2D eigenvalue weighted by Crippen LogP contribution is 2.51. The molecule has 0 saturated heterocycles. The monoisotopic (exact) mass is 181 g/mol. The number of rotatable bonds is 4. The summed E-state index contributed by atoms with van der Waals surface area (Å²) in [7, 11) is 0. The molecule has 76 valence electrons. The maximum atomic E-state index is 3.77. The largest absolute Gasteiger partial charge is 0.313 e. The van der Waals surface area contributed by atoms with Gasteiger partial charge in [-0.25, -0.2) is 0 Å². The summed E-state index contributed by atoms with van der Waals surface area (Å²) in [6.45, 7) is 6.04. The normalized spacial score (nSPS) is 27.0. The van der Waals surface area contributed by atoms with Crippen LogP contribution in [0.5, 0.6) is 0 Å². The average Bonchev–Trinajstić information content (AvgIpc) is 2.73. The number of nitrogens with one attached hydrogen (secondary N) is 1. The van der Waals surface area contributed by atoms with Crippen molar-refractivity contribution < 1.29 is 0 Å². The highest BCUT2D eigenvalue weighted by Gasteiger charge is 2.45. The molecule has 0 heterocycles. The molecule has 1 heteroatoms. The van der Waals surface area contributed by atoms with Gasteiger partial charge in [-0.05, 0) is 37.0 Å². The van der Waals surface area contributed by atoms with Crippen LogP contribution in [0.1, 0.15) is 52.4 Å². The summed E-state index contributed by atoms with van der Waals surface area (Å²) in [6, 6.07) is 0.858. The van der Waals surface area contributed by atoms with Crippen molar-refractivity contribution in [2.45, 2.75) is 58.4 Å². The van der Waals surface area contributed by atoms with Gasteiger partial charge in [0.15, 0.2) is 0 Å². The van der Waals surface area contributed by atoms with E-state index >= 15 is 0 Å². The van der Waals surface area contributed by atoms with E-state index in [2.05, 4.69) is 19.2 Å². The first-order chi connectivity index (χ1) is 6.23. The molecule has 0 spiro atoms. The summed E-state index contributed by atoms with van der Waals surface area (Å²) in [5.74, 6) is 0.876. The van der Waals surface area contributed by atoms with Gasteiger partial charge in [0.1, 0.15) is 0 Å². The fraction of sp³-hybridized carbons (Fsp3) is 1.00. The van der Waals surface area contributed by atoms with Gasteiger partial charge in [-0.1, -0.05) is 26.7 Å². The predicted octanol–water partition coefficient (Wildman–Crippen LogP) is 2.95. The first-order valence-electron chi connectivity index (χ1n) is 5.96. The van der Waals surface area contributed by atoms with Crippen LogP contribution in [0.2, 0.25) is 0 Å². The molecular formula is C12H23N. The van der Waals surface area contributed by atoms with Crippen LogP contribution in [0.4, 0.5) is 0 Å². The van der Waals surface area contributed by atoms with Crippen molar-refractivity contribution in [1.29, 1.82) is 0 Å². The Labute approximate surface area is 82.3 Å². The molecule has 0 aromatic carbocycles. The first kappa shape index (κ1) is 9.51. The minimum Gasteiger partial charge on any atom is -0.313 e. The van der Waals surface area contributed by atoms with E-state index in [4.69, 9.17) is 0 Å². The molecule has 0 bridgehead atoms. The Kier molecular flexibility index (Phi) is 2.64. The van der Waals surface area contributed by atoms with Crippen LogP contribution in [0, 0.1) is 11.3 Å². The molecule has 1 nitrogen and oxygen atoms in total. The highest BCUT2D eigenvalue weighted by atomic mass is 14.9. The summed E-state index contributed by atoms with van der Waals surface area (Å²) >= 11 is 0. The Balaban J connectivity index is 1.72. The maximum Gasteiger partial charge on any atom is 0.00672 e. The van der Waals surface area contributed by atoms with Gasteiger partial charge in [0.25, 0.3) is 0 Å². The molecule has 2 aliphatic rings. The van der Waals surface area contributed by atoms with Gasteiger partial charge in [-0.15, -0.1) is 0 Å². The molecule has 2 fully saturated rings. The van der Waals surface area contributed by atoms with Gasteiger partial charge in [0.2, 0.25) is 0 Å². The van der Waals surface area contributed by atoms with E-state index < -0.39 is 0 Å². The van der Waals surface area contributed by atoms with Crippen LogP contribution in [0.25, 0.3) is 0 Å². The molecule has 0 aromatic heterocycles. The average molecular weight is 181 g/mol. The second-order valence-electron chi connectivity index (χ2n) is 5.38. The van der Waals surface area contributed by atoms with E-state index in [9.17, 15) is 0 Å². The van der Waals surface area contributed by atoms with Gasteiger partial charge in [-0.3, -0.25) is 0 Å². The van der Waals surface area contributed by atoms with Crippen molar-refractivity contribution >= 4 is 0 Å². The highest BCUT2D eigenvalue weighted by molar-refractivity contribution is 4.97. The molecule has 1 N–H and O–H groups in total. The third-order valence-corrected chi connectivity index (χ3v) is 4.21. The second kappa shape index (κ2) is 3.61. The van der Waals surface area contributed by atoms with Crippen LogP contribution >= 0.6 is 0 Å². The topological polar surface area (TPSA) is 12.0 Å². The summed E-state index contributed by atoms with van der Waals surface area (Å²) in [5.41, 5.74) is 0.697. The lowest BCUT2D eigenvalue weighted by Crippen LogP contribution is -2.34. The Hall–Kier alpha value is -0.0400. The molecule has 0 aromatic rings. The van der Waals surface area contributed by atoms with Crippen molar-refractivity contribution in [2.75, 3.05) is 6.54 Å². The van der Waals surface area contributed by atoms with E-state index in [1.165, 1.54) is 45.1 Å². The third-order valence-electron chi connectivity index (χ3n) is 4.21. The van der Waals surface area contributed by atoms with Crippen molar-refractivity contribution in [3.05, 3.63) is 0 Å². The first-order valence-corrected chi connectivity index (χ1v) is 5.96. The van der Waals surface area contributed by atoms with Crippen LogP contribution < -0.4 is 5.32 Å². The molecule has 0 atom stereocenters.